The lowest BCUT2D eigenvalue weighted by Gasteiger charge is -2.08. The Balaban J connectivity index is 2.19. The van der Waals surface area contributed by atoms with Crippen LogP contribution in [-0.4, -0.2) is 20.2 Å². The van der Waals surface area contributed by atoms with Crippen molar-refractivity contribution < 1.29 is 0 Å². The van der Waals surface area contributed by atoms with Gasteiger partial charge in [0.25, 0.3) is 0 Å². The van der Waals surface area contributed by atoms with Crippen LogP contribution in [0.5, 0.6) is 0 Å². The smallest absolute Gasteiger partial charge is 0.187 e. The number of hydrogen-bond donors (Lipinski definition) is 1. The fraction of sp³-hybridized carbons (Fsp3) is 0. The van der Waals surface area contributed by atoms with Crippen LogP contribution in [0.2, 0.25) is 15.1 Å². The van der Waals surface area contributed by atoms with Crippen molar-refractivity contribution >= 4 is 40.5 Å². The summed E-state index contributed by atoms with van der Waals surface area (Å²) in [6.07, 6.45) is 0. The van der Waals surface area contributed by atoms with Crippen molar-refractivity contribution in [3.8, 4) is 17.1 Å². The number of aromatic nitrogens is 4. The summed E-state index contributed by atoms with van der Waals surface area (Å²) in [4.78, 5) is 0. The van der Waals surface area contributed by atoms with Crippen LogP contribution in [0, 0.1) is 0 Å². The third kappa shape index (κ3) is 2.81. The molecule has 0 unspecified atom stereocenters. The highest BCUT2D eigenvalue weighted by Crippen LogP contribution is 2.29. The Morgan fingerprint density at radius 2 is 1.76 bits per heavy atom. The Hall–Kier alpha value is -1.82. The molecule has 0 spiro atoms. The minimum Gasteiger partial charge on any atom is -0.399 e. The van der Waals surface area contributed by atoms with Crippen molar-refractivity contribution in [2.24, 2.45) is 0 Å². The summed E-state index contributed by atoms with van der Waals surface area (Å²) >= 11 is 18.2. The van der Waals surface area contributed by atoms with E-state index in [0.29, 0.717) is 37.8 Å². The van der Waals surface area contributed by atoms with E-state index >= 15 is 0 Å². The van der Waals surface area contributed by atoms with Gasteiger partial charge >= 0.3 is 0 Å². The summed E-state index contributed by atoms with van der Waals surface area (Å²) in [5.74, 6) is 0.466. The van der Waals surface area contributed by atoms with Gasteiger partial charge in [-0.2, -0.15) is 4.68 Å². The molecule has 0 radical (unpaired) electrons. The van der Waals surface area contributed by atoms with Gasteiger partial charge in [0.15, 0.2) is 5.82 Å². The van der Waals surface area contributed by atoms with Crippen molar-refractivity contribution in [2.45, 2.75) is 0 Å². The van der Waals surface area contributed by atoms with Gasteiger partial charge in [0.2, 0.25) is 0 Å². The zero-order valence-corrected chi connectivity index (χ0v) is 12.7. The summed E-state index contributed by atoms with van der Waals surface area (Å²) in [5.41, 5.74) is 7.57. The van der Waals surface area contributed by atoms with Gasteiger partial charge in [-0.3, -0.25) is 0 Å². The monoisotopic (exact) mass is 339 g/mol. The minimum absolute atomic E-state index is 0.466. The molecule has 0 aliphatic heterocycles. The quantitative estimate of drug-likeness (QED) is 0.719. The molecule has 0 aliphatic rings. The van der Waals surface area contributed by atoms with Crippen LogP contribution in [-0.2, 0) is 0 Å². The summed E-state index contributed by atoms with van der Waals surface area (Å²) in [5, 5.41) is 13.1. The molecule has 0 saturated heterocycles. The molecule has 0 aliphatic carbocycles. The van der Waals surface area contributed by atoms with E-state index in [-0.39, 0.29) is 0 Å². The van der Waals surface area contributed by atoms with Gasteiger partial charge in [-0.25, -0.2) is 0 Å². The first-order valence-electron chi connectivity index (χ1n) is 5.85. The van der Waals surface area contributed by atoms with Gasteiger partial charge < -0.3 is 5.73 Å². The molecule has 3 rings (SSSR count). The van der Waals surface area contributed by atoms with E-state index in [1.807, 2.05) is 0 Å². The molecule has 0 saturated carbocycles. The number of anilines is 1. The second-order valence-electron chi connectivity index (χ2n) is 4.28. The average Bonchev–Trinajstić information content (AvgIpc) is 2.89. The first-order chi connectivity index (χ1) is 10.0. The molecule has 0 amide bonds. The van der Waals surface area contributed by atoms with Crippen LogP contribution in [0.15, 0.2) is 36.4 Å². The Morgan fingerprint density at radius 3 is 2.52 bits per heavy atom. The Bertz CT molecular complexity index is 795. The molecule has 0 atom stereocenters. The summed E-state index contributed by atoms with van der Waals surface area (Å²) in [6.45, 7) is 0. The molecular formula is C13H8Cl3N5. The van der Waals surface area contributed by atoms with E-state index in [1.165, 1.54) is 4.68 Å². The third-order valence-corrected chi connectivity index (χ3v) is 3.56. The Kier molecular flexibility index (Phi) is 3.71. The van der Waals surface area contributed by atoms with E-state index in [0.717, 1.165) is 0 Å². The molecule has 0 fully saturated rings. The highest BCUT2D eigenvalue weighted by Gasteiger charge is 2.14. The first kappa shape index (κ1) is 14.1. The van der Waals surface area contributed by atoms with Gasteiger partial charge in [0.05, 0.1) is 10.7 Å². The molecule has 21 heavy (non-hydrogen) atoms. The number of hydrogen-bond acceptors (Lipinski definition) is 4. The van der Waals surface area contributed by atoms with Crippen LogP contribution < -0.4 is 5.73 Å². The Labute approximate surface area is 135 Å². The van der Waals surface area contributed by atoms with Crippen LogP contribution in [0.4, 0.5) is 5.69 Å². The molecule has 8 heteroatoms. The Morgan fingerprint density at radius 1 is 0.952 bits per heavy atom. The number of benzene rings is 2. The lowest BCUT2D eigenvalue weighted by molar-refractivity contribution is 0.791. The lowest BCUT2D eigenvalue weighted by atomic mass is 10.2. The van der Waals surface area contributed by atoms with Crippen LogP contribution in [0.3, 0.4) is 0 Å². The predicted octanol–water partition coefficient (Wildman–Crippen LogP) is 3.87. The topological polar surface area (TPSA) is 69.6 Å². The SMILES string of the molecule is Nc1cc(Cl)cc(-c2nnnn2-c2cc(Cl)ccc2Cl)c1. The molecule has 5 nitrogen and oxygen atoms in total. The zero-order valence-electron chi connectivity index (χ0n) is 10.5. The number of nitrogens with zero attached hydrogens (tertiary/aromatic N) is 4. The number of tetrazole rings is 1. The number of rotatable bonds is 2. The number of nitrogen functional groups attached to an aromatic ring is 1. The first-order valence-corrected chi connectivity index (χ1v) is 6.98. The van der Waals surface area contributed by atoms with Gasteiger partial charge in [-0.1, -0.05) is 34.8 Å². The number of halogens is 3. The van der Waals surface area contributed by atoms with Gasteiger partial charge in [0, 0.05) is 21.3 Å². The molecular weight excluding hydrogens is 333 g/mol. The largest absolute Gasteiger partial charge is 0.399 e. The second kappa shape index (κ2) is 5.52. The van der Waals surface area contributed by atoms with Crippen molar-refractivity contribution in [1.82, 2.24) is 20.2 Å². The standard InChI is InChI=1S/C13H8Cl3N5/c14-8-1-2-11(16)12(6-8)21-13(18-19-20-21)7-3-9(15)5-10(17)4-7/h1-6H,17H2. The summed E-state index contributed by atoms with van der Waals surface area (Å²) in [7, 11) is 0. The van der Waals surface area contributed by atoms with E-state index in [4.69, 9.17) is 40.5 Å². The third-order valence-electron chi connectivity index (χ3n) is 2.78. The van der Waals surface area contributed by atoms with E-state index < -0.39 is 0 Å². The highest BCUT2D eigenvalue weighted by molar-refractivity contribution is 6.34. The maximum atomic E-state index is 6.18. The predicted molar refractivity (Wildman–Crippen MR) is 84.0 cm³/mol. The van der Waals surface area contributed by atoms with Crippen molar-refractivity contribution in [3.63, 3.8) is 0 Å². The van der Waals surface area contributed by atoms with Crippen molar-refractivity contribution in [3.05, 3.63) is 51.5 Å². The van der Waals surface area contributed by atoms with Gasteiger partial charge in [-0.15, -0.1) is 5.10 Å². The van der Waals surface area contributed by atoms with Crippen molar-refractivity contribution in [2.75, 3.05) is 5.73 Å². The molecule has 1 aromatic heterocycles. The van der Waals surface area contributed by atoms with E-state index in [9.17, 15) is 0 Å². The fourth-order valence-corrected chi connectivity index (χ4v) is 2.53. The van der Waals surface area contributed by atoms with Crippen molar-refractivity contribution in [1.29, 1.82) is 0 Å². The molecule has 2 N–H and O–H groups in total. The van der Waals surface area contributed by atoms with Crippen LogP contribution >= 0.6 is 34.8 Å². The molecule has 1 heterocycles. The normalized spacial score (nSPS) is 10.8. The molecule has 0 bridgehead atoms. The minimum atomic E-state index is 0.466. The van der Waals surface area contributed by atoms with Gasteiger partial charge in [-0.05, 0) is 46.8 Å². The maximum Gasteiger partial charge on any atom is 0.187 e. The number of nitrogens with two attached hydrogens (primary N) is 1. The average molecular weight is 341 g/mol. The maximum absolute atomic E-state index is 6.18. The molecule has 2 aromatic carbocycles. The summed E-state index contributed by atoms with van der Waals surface area (Å²) < 4.78 is 1.49. The molecule has 106 valence electrons. The molecule has 3 aromatic rings. The fourth-order valence-electron chi connectivity index (χ4n) is 1.92. The lowest BCUT2D eigenvalue weighted by Crippen LogP contribution is -2.01. The second-order valence-corrected chi connectivity index (χ2v) is 5.56. The van der Waals surface area contributed by atoms with Crippen LogP contribution in [0.25, 0.3) is 17.1 Å². The van der Waals surface area contributed by atoms with E-state index in [1.54, 1.807) is 36.4 Å². The highest BCUT2D eigenvalue weighted by atomic mass is 35.5. The summed E-state index contributed by atoms with van der Waals surface area (Å²) in [6, 6.07) is 10.1. The van der Waals surface area contributed by atoms with E-state index in [2.05, 4.69) is 15.5 Å². The zero-order chi connectivity index (χ0) is 15.0. The van der Waals surface area contributed by atoms with Gasteiger partial charge in [0.1, 0.15) is 0 Å². The van der Waals surface area contributed by atoms with Crippen LogP contribution in [0.1, 0.15) is 0 Å².